The van der Waals surface area contributed by atoms with Crippen molar-refractivity contribution in [2.45, 2.75) is 19.8 Å². The SMILES string of the molecule is CCC(=O)OC(=O)CCS(=O)(=O)O. The van der Waals surface area contributed by atoms with Crippen LogP contribution in [0.25, 0.3) is 0 Å². The van der Waals surface area contributed by atoms with Crippen molar-refractivity contribution in [1.29, 1.82) is 0 Å². The zero-order valence-electron chi connectivity index (χ0n) is 7.02. The molecule has 0 aromatic heterocycles. The molecule has 0 saturated carbocycles. The van der Waals surface area contributed by atoms with Crippen molar-refractivity contribution in [3.8, 4) is 0 Å². The number of carbonyl (C=O) groups is 2. The quantitative estimate of drug-likeness (QED) is 0.390. The summed E-state index contributed by atoms with van der Waals surface area (Å²) < 4.78 is 32.7. The molecule has 76 valence electrons. The van der Waals surface area contributed by atoms with E-state index in [1.807, 2.05) is 0 Å². The van der Waals surface area contributed by atoms with E-state index in [2.05, 4.69) is 4.74 Å². The molecular formula is C6H10O6S. The second kappa shape index (κ2) is 4.93. The summed E-state index contributed by atoms with van der Waals surface area (Å²) in [5.41, 5.74) is 0. The van der Waals surface area contributed by atoms with Gasteiger partial charge >= 0.3 is 11.9 Å². The highest BCUT2D eigenvalue weighted by atomic mass is 32.2. The minimum Gasteiger partial charge on any atom is -0.393 e. The molecule has 13 heavy (non-hydrogen) atoms. The van der Waals surface area contributed by atoms with Crippen LogP contribution in [0.5, 0.6) is 0 Å². The van der Waals surface area contributed by atoms with Gasteiger partial charge in [0.25, 0.3) is 10.1 Å². The molecule has 0 fully saturated rings. The molecule has 0 amide bonds. The average molecular weight is 210 g/mol. The van der Waals surface area contributed by atoms with Crippen LogP contribution in [-0.2, 0) is 24.4 Å². The predicted octanol–water partition coefficient (Wildman–Crippen LogP) is -0.256. The highest BCUT2D eigenvalue weighted by Crippen LogP contribution is 1.94. The minimum atomic E-state index is -4.17. The fraction of sp³-hybridized carbons (Fsp3) is 0.667. The van der Waals surface area contributed by atoms with Gasteiger partial charge in [-0.2, -0.15) is 8.42 Å². The Morgan fingerprint density at radius 3 is 2.23 bits per heavy atom. The molecule has 0 rings (SSSR count). The topological polar surface area (TPSA) is 97.7 Å². The van der Waals surface area contributed by atoms with Crippen molar-refractivity contribution >= 4 is 22.1 Å². The van der Waals surface area contributed by atoms with Crippen molar-refractivity contribution in [1.82, 2.24) is 0 Å². The predicted molar refractivity (Wildman–Crippen MR) is 42.4 cm³/mol. The van der Waals surface area contributed by atoms with Gasteiger partial charge in [0.15, 0.2) is 0 Å². The van der Waals surface area contributed by atoms with E-state index in [4.69, 9.17) is 4.55 Å². The van der Waals surface area contributed by atoms with Crippen LogP contribution >= 0.6 is 0 Å². The Bertz CT molecular complexity index is 290. The first-order valence-corrected chi connectivity index (χ1v) is 5.14. The fourth-order valence-electron chi connectivity index (χ4n) is 0.462. The largest absolute Gasteiger partial charge is 0.393 e. The number of hydrogen-bond acceptors (Lipinski definition) is 5. The molecule has 0 aliphatic carbocycles. The first kappa shape index (κ1) is 12.0. The standard InChI is InChI=1S/C6H10O6S/c1-2-5(7)12-6(8)3-4-13(9,10)11/h2-4H2,1H3,(H,9,10,11). The lowest BCUT2D eigenvalue weighted by Crippen LogP contribution is -2.15. The second-order valence-electron chi connectivity index (χ2n) is 2.24. The average Bonchev–Trinajstić information content (AvgIpc) is 1.99. The monoisotopic (exact) mass is 210 g/mol. The summed E-state index contributed by atoms with van der Waals surface area (Å²) in [4.78, 5) is 21.1. The van der Waals surface area contributed by atoms with E-state index in [0.717, 1.165) is 0 Å². The third-order valence-corrected chi connectivity index (χ3v) is 1.80. The Labute approximate surface area is 75.6 Å². The normalized spacial score (nSPS) is 10.9. The molecule has 7 heteroatoms. The van der Waals surface area contributed by atoms with Gasteiger partial charge in [-0.25, -0.2) is 0 Å². The highest BCUT2D eigenvalue weighted by Gasteiger charge is 2.12. The fourth-order valence-corrected chi connectivity index (χ4v) is 0.887. The summed E-state index contributed by atoms with van der Waals surface area (Å²) in [5, 5.41) is 0. The maximum Gasteiger partial charge on any atom is 0.314 e. The van der Waals surface area contributed by atoms with Crippen molar-refractivity contribution in [3.05, 3.63) is 0 Å². The molecule has 1 N–H and O–H groups in total. The lowest BCUT2D eigenvalue weighted by Gasteiger charge is -1.99. The molecule has 0 aromatic carbocycles. The number of esters is 2. The highest BCUT2D eigenvalue weighted by molar-refractivity contribution is 7.85. The smallest absolute Gasteiger partial charge is 0.314 e. The van der Waals surface area contributed by atoms with E-state index in [9.17, 15) is 18.0 Å². The molecule has 0 heterocycles. The van der Waals surface area contributed by atoms with Crippen LogP contribution in [0.4, 0.5) is 0 Å². The van der Waals surface area contributed by atoms with Crippen molar-refractivity contribution in [3.63, 3.8) is 0 Å². The molecule has 0 spiro atoms. The Morgan fingerprint density at radius 1 is 1.31 bits per heavy atom. The molecule has 0 saturated heterocycles. The summed E-state index contributed by atoms with van der Waals surface area (Å²) in [7, 11) is -4.17. The Balaban J connectivity index is 3.84. The van der Waals surface area contributed by atoms with Gasteiger partial charge in [-0.3, -0.25) is 14.1 Å². The van der Waals surface area contributed by atoms with E-state index in [1.165, 1.54) is 6.92 Å². The van der Waals surface area contributed by atoms with Crippen LogP contribution in [-0.4, -0.2) is 30.7 Å². The van der Waals surface area contributed by atoms with Gasteiger partial charge in [0.2, 0.25) is 0 Å². The summed E-state index contributed by atoms with van der Waals surface area (Å²) in [6.07, 6.45) is -0.484. The minimum absolute atomic E-state index is 0.0393. The summed E-state index contributed by atoms with van der Waals surface area (Å²) in [6.45, 7) is 1.50. The van der Waals surface area contributed by atoms with E-state index < -0.39 is 34.2 Å². The second-order valence-corrected chi connectivity index (χ2v) is 3.81. The molecule has 0 aromatic rings. The Morgan fingerprint density at radius 2 is 1.85 bits per heavy atom. The number of carbonyl (C=O) groups excluding carboxylic acids is 2. The third-order valence-electron chi connectivity index (χ3n) is 1.08. The van der Waals surface area contributed by atoms with Gasteiger partial charge in [0, 0.05) is 6.42 Å². The van der Waals surface area contributed by atoms with Gasteiger partial charge in [-0.15, -0.1) is 0 Å². The zero-order valence-corrected chi connectivity index (χ0v) is 7.83. The Hall–Kier alpha value is -0.950. The lowest BCUT2D eigenvalue weighted by atomic mass is 10.5. The van der Waals surface area contributed by atoms with Crippen LogP contribution in [0.2, 0.25) is 0 Å². The molecule has 0 unspecified atom stereocenters. The van der Waals surface area contributed by atoms with Crippen LogP contribution in [0.15, 0.2) is 0 Å². The number of hydrogen-bond donors (Lipinski definition) is 1. The zero-order chi connectivity index (χ0) is 10.5. The first-order chi connectivity index (χ1) is 5.85. The van der Waals surface area contributed by atoms with E-state index in [-0.39, 0.29) is 6.42 Å². The van der Waals surface area contributed by atoms with Gasteiger partial charge in [0.05, 0.1) is 12.2 Å². The Kier molecular flexibility index (Phi) is 4.57. The molecule has 0 atom stereocenters. The van der Waals surface area contributed by atoms with Crippen LogP contribution in [0.3, 0.4) is 0 Å². The van der Waals surface area contributed by atoms with E-state index in [1.54, 1.807) is 0 Å². The number of ether oxygens (including phenoxy) is 1. The first-order valence-electron chi connectivity index (χ1n) is 3.54. The summed E-state index contributed by atoms with van der Waals surface area (Å²) in [5.74, 6) is -2.41. The van der Waals surface area contributed by atoms with Crippen molar-refractivity contribution < 1.29 is 27.3 Å². The van der Waals surface area contributed by atoms with Gasteiger partial charge in [-0.05, 0) is 0 Å². The van der Waals surface area contributed by atoms with Gasteiger partial charge < -0.3 is 4.74 Å². The molecule has 0 aliphatic heterocycles. The molecule has 6 nitrogen and oxygen atoms in total. The third kappa shape index (κ3) is 7.41. The van der Waals surface area contributed by atoms with Crippen molar-refractivity contribution in [2.24, 2.45) is 0 Å². The van der Waals surface area contributed by atoms with E-state index in [0.29, 0.717) is 0 Å². The van der Waals surface area contributed by atoms with Gasteiger partial charge in [0.1, 0.15) is 0 Å². The molecule has 0 aliphatic rings. The lowest BCUT2D eigenvalue weighted by molar-refractivity contribution is -0.159. The van der Waals surface area contributed by atoms with Crippen molar-refractivity contribution in [2.75, 3.05) is 5.75 Å². The van der Waals surface area contributed by atoms with Gasteiger partial charge in [-0.1, -0.05) is 6.92 Å². The maximum absolute atomic E-state index is 10.6. The summed E-state index contributed by atoms with van der Waals surface area (Å²) >= 11 is 0. The molecule has 0 radical (unpaired) electrons. The molecular weight excluding hydrogens is 200 g/mol. The number of rotatable bonds is 4. The maximum atomic E-state index is 10.6. The molecule has 0 bridgehead atoms. The van der Waals surface area contributed by atoms with Crippen LogP contribution < -0.4 is 0 Å². The van der Waals surface area contributed by atoms with Crippen LogP contribution in [0, 0.1) is 0 Å². The summed E-state index contributed by atoms with van der Waals surface area (Å²) in [6, 6.07) is 0. The van der Waals surface area contributed by atoms with E-state index >= 15 is 0 Å². The van der Waals surface area contributed by atoms with Crippen LogP contribution in [0.1, 0.15) is 19.8 Å².